The first-order valence-corrected chi connectivity index (χ1v) is 11.1. The maximum absolute atomic E-state index is 13.3. The van der Waals surface area contributed by atoms with E-state index in [1.165, 1.54) is 0 Å². The number of nitrogens with zero attached hydrogens (tertiary/aromatic N) is 1. The van der Waals surface area contributed by atoms with Gasteiger partial charge >= 0.3 is 5.97 Å². The van der Waals surface area contributed by atoms with E-state index in [1.54, 1.807) is 0 Å². The number of aromatic nitrogens is 1. The first-order chi connectivity index (χ1) is 13.3. The summed E-state index contributed by atoms with van der Waals surface area (Å²) in [5.74, 6) is -0.326. The van der Waals surface area contributed by atoms with E-state index in [-0.39, 0.29) is 12.0 Å². The van der Waals surface area contributed by atoms with Crippen LogP contribution in [0.3, 0.4) is 0 Å². The highest BCUT2D eigenvalue weighted by Crippen LogP contribution is 2.37. The summed E-state index contributed by atoms with van der Waals surface area (Å²) < 4.78 is 13.7. The van der Waals surface area contributed by atoms with Crippen LogP contribution in [0.4, 0.5) is 0 Å². The lowest BCUT2D eigenvalue weighted by Gasteiger charge is -2.28. The molecule has 1 aromatic heterocycles. The number of aliphatic hydroxyl groups excluding tert-OH is 1. The molecule has 0 fully saturated rings. The van der Waals surface area contributed by atoms with Crippen molar-refractivity contribution in [2.45, 2.75) is 125 Å². The van der Waals surface area contributed by atoms with Gasteiger partial charge < -0.3 is 19.1 Å². The molecular weight excluding hydrogens is 366 g/mol. The number of hydrogen-bond acceptors (Lipinski definition) is 4. The fourth-order valence-electron chi connectivity index (χ4n) is 3.60. The molecule has 1 rings (SSSR count). The first-order valence-electron chi connectivity index (χ1n) is 11.1. The fraction of sp³-hybridized carbons (Fsp3) is 0.792. The second kappa shape index (κ2) is 10.1. The molecule has 29 heavy (non-hydrogen) atoms. The van der Waals surface area contributed by atoms with Crippen molar-refractivity contribution in [3.8, 4) is 0 Å². The van der Waals surface area contributed by atoms with Gasteiger partial charge in [0.05, 0.1) is 11.3 Å². The lowest BCUT2D eigenvalue weighted by Crippen LogP contribution is -2.28. The van der Waals surface area contributed by atoms with Gasteiger partial charge in [0.15, 0.2) is 6.29 Å². The number of ether oxygens (including phenoxy) is 2. The second-order valence-electron chi connectivity index (χ2n) is 9.90. The number of carbonyl (C=O) groups is 1. The molecule has 2 atom stereocenters. The highest BCUT2D eigenvalue weighted by molar-refractivity contribution is 5.91. The molecule has 0 aromatic carbocycles. The normalized spacial score (nSPS) is 14.7. The molecule has 0 saturated carbocycles. The SMILES string of the molecule is CCCc1c(CCC)c(C(O)OC(C)(C)C)n(C(C)CC)c1C(=O)OC(C)(C)C. The zero-order valence-corrected chi connectivity index (χ0v) is 20.3. The Bertz CT molecular complexity index is 677. The van der Waals surface area contributed by atoms with E-state index in [0.717, 1.165) is 43.2 Å². The van der Waals surface area contributed by atoms with Crippen molar-refractivity contribution in [1.29, 1.82) is 0 Å². The minimum absolute atomic E-state index is 0.0342. The summed E-state index contributed by atoms with van der Waals surface area (Å²) >= 11 is 0. The van der Waals surface area contributed by atoms with Gasteiger partial charge in [0.2, 0.25) is 0 Å². The minimum Gasteiger partial charge on any atom is -0.455 e. The fourth-order valence-corrected chi connectivity index (χ4v) is 3.60. The van der Waals surface area contributed by atoms with Crippen LogP contribution in [0.2, 0.25) is 0 Å². The lowest BCUT2D eigenvalue weighted by molar-refractivity contribution is -0.173. The van der Waals surface area contributed by atoms with Crippen molar-refractivity contribution in [3.05, 3.63) is 22.5 Å². The first kappa shape index (κ1) is 25.7. The van der Waals surface area contributed by atoms with Crippen LogP contribution in [0.15, 0.2) is 0 Å². The monoisotopic (exact) mass is 409 g/mol. The third-order valence-corrected chi connectivity index (χ3v) is 4.78. The van der Waals surface area contributed by atoms with Crippen molar-refractivity contribution < 1.29 is 19.4 Å². The van der Waals surface area contributed by atoms with Crippen LogP contribution in [0.5, 0.6) is 0 Å². The molecule has 1 aromatic rings. The molecule has 0 radical (unpaired) electrons. The van der Waals surface area contributed by atoms with Gasteiger partial charge in [0.1, 0.15) is 11.3 Å². The number of carbonyl (C=O) groups excluding carboxylic acids is 1. The maximum Gasteiger partial charge on any atom is 0.355 e. The van der Waals surface area contributed by atoms with Crippen LogP contribution < -0.4 is 0 Å². The summed E-state index contributed by atoms with van der Waals surface area (Å²) in [6.07, 6.45) is 3.11. The Hall–Kier alpha value is -1.33. The van der Waals surface area contributed by atoms with Crippen molar-refractivity contribution in [2.75, 3.05) is 0 Å². The van der Waals surface area contributed by atoms with Crippen molar-refractivity contribution >= 4 is 5.97 Å². The quantitative estimate of drug-likeness (QED) is 0.394. The van der Waals surface area contributed by atoms with Crippen LogP contribution in [-0.2, 0) is 22.3 Å². The van der Waals surface area contributed by atoms with E-state index in [9.17, 15) is 9.90 Å². The van der Waals surface area contributed by atoms with Crippen molar-refractivity contribution in [2.24, 2.45) is 0 Å². The highest BCUT2D eigenvalue weighted by Gasteiger charge is 2.34. The standard InChI is InChI=1S/C24H43NO4/c1-11-14-17-18(15-12-2)20(22(27)29-24(8,9)10)25(16(4)13-3)19(17)21(26)28-23(5,6)7/h16,21,26H,11-15H2,1-10H3. The summed E-state index contributed by atoms with van der Waals surface area (Å²) in [5, 5.41) is 11.1. The summed E-state index contributed by atoms with van der Waals surface area (Å²) in [7, 11) is 0. The number of hydrogen-bond donors (Lipinski definition) is 1. The van der Waals surface area contributed by atoms with Gasteiger partial charge in [0.25, 0.3) is 0 Å². The molecule has 5 nitrogen and oxygen atoms in total. The van der Waals surface area contributed by atoms with Gasteiger partial charge in [0, 0.05) is 6.04 Å². The Morgan fingerprint density at radius 1 is 0.966 bits per heavy atom. The van der Waals surface area contributed by atoms with Crippen LogP contribution in [0.1, 0.15) is 128 Å². The Balaban J connectivity index is 3.83. The Morgan fingerprint density at radius 3 is 1.90 bits per heavy atom. The van der Waals surface area contributed by atoms with Gasteiger partial charge in [-0.15, -0.1) is 0 Å². The third-order valence-electron chi connectivity index (χ3n) is 4.78. The Labute approximate surface area is 177 Å². The van der Waals surface area contributed by atoms with Crippen LogP contribution >= 0.6 is 0 Å². The van der Waals surface area contributed by atoms with E-state index in [4.69, 9.17) is 9.47 Å². The van der Waals surface area contributed by atoms with Crippen LogP contribution in [0, 0.1) is 0 Å². The van der Waals surface area contributed by atoms with Gasteiger partial charge in [-0.05, 0) is 78.9 Å². The summed E-state index contributed by atoms with van der Waals surface area (Å²) in [5.41, 5.74) is 2.22. The molecule has 1 N–H and O–H groups in total. The molecule has 1 heterocycles. The van der Waals surface area contributed by atoms with Crippen molar-refractivity contribution in [1.82, 2.24) is 4.57 Å². The molecule has 0 aliphatic carbocycles. The number of esters is 1. The number of rotatable bonds is 9. The zero-order chi connectivity index (χ0) is 22.6. The molecule has 2 unspecified atom stereocenters. The van der Waals surface area contributed by atoms with E-state index in [1.807, 2.05) is 46.1 Å². The lowest BCUT2D eigenvalue weighted by atomic mass is 9.99. The Kier molecular flexibility index (Phi) is 8.97. The predicted octanol–water partition coefficient (Wildman–Crippen LogP) is 6.13. The zero-order valence-electron chi connectivity index (χ0n) is 20.3. The topological polar surface area (TPSA) is 60.7 Å². The van der Waals surface area contributed by atoms with Crippen LogP contribution in [0.25, 0.3) is 0 Å². The second-order valence-corrected chi connectivity index (χ2v) is 9.90. The third kappa shape index (κ3) is 6.85. The number of aliphatic hydroxyl groups is 1. The predicted molar refractivity (Wildman–Crippen MR) is 118 cm³/mol. The molecule has 5 heteroatoms. The molecule has 0 aliphatic heterocycles. The molecule has 0 bridgehead atoms. The van der Waals surface area contributed by atoms with E-state index in [0.29, 0.717) is 11.4 Å². The summed E-state index contributed by atoms with van der Waals surface area (Å²) in [6, 6.07) is 0.0342. The average Bonchev–Trinajstić information content (AvgIpc) is 2.86. The van der Waals surface area contributed by atoms with Crippen molar-refractivity contribution in [3.63, 3.8) is 0 Å². The van der Waals surface area contributed by atoms with E-state index >= 15 is 0 Å². The molecule has 168 valence electrons. The molecule has 0 spiro atoms. The average molecular weight is 410 g/mol. The van der Waals surface area contributed by atoms with Gasteiger partial charge in [-0.2, -0.15) is 0 Å². The minimum atomic E-state index is -1.10. The Morgan fingerprint density at radius 2 is 1.48 bits per heavy atom. The molecule has 0 saturated heterocycles. The molecule has 0 aliphatic rings. The summed E-state index contributed by atoms with van der Waals surface area (Å²) in [4.78, 5) is 13.3. The molecular formula is C24H43NO4. The van der Waals surface area contributed by atoms with Gasteiger partial charge in [-0.3, -0.25) is 0 Å². The van der Waals surface area contributed by atoms with Gasteiger partial charge in [-0.1, -0.05) is 33.6 Å². The molecule has 0 amide bonds. The maximum atomic E-state index is 13.3. The highest BCUT2D eigenvalue weighted by atomic mass is 16.6. The van der Waals surface area contributed by atoms with E-state index < -0.39 is 17.5 Å². The smallest absolute Gasteiger partial charge is 0.355 e. The van der Waals surface area contributed by atoms with E-state index in [2.05, 4.69) is 27.7 Å². The largest absolute Gasteiger partial charge is 0.455 e. The summed E-state index contributed by atoms with van der Waals surface area (Å²) in [6.45, 7) is 19.8. The van der Waals surface area contributed by atoms with Crippen LogP contribution in [-0.4, -0.2) is 26.8 Å². The van der Waals surface area contributed by atoms with Gasteiger partial charge in [-0.25, -0.2) is 4.79 Å².